The van der Waals surface area contributed by atoms with Crippen molar-refractivity contribution in [3.8, 4) is 11.3 Å². The molecule has 0 saturated carbocycles. The average molecular weight is 473 g/mol. The molecular formula is C24H33ClN6O2. The third-order valence-corrected chi connectivity index (χ3v) is 6.72. The molecule has 2 aliphatic rings. The summed E-state index contributed by atoms with van der Waals surface area (Å²) in [6.07, 6.45) is 8.80. The number of carbonyl (C=O) groups is 1. The first kappa shape index (κ1) is 23.9. The number of pyridine rings is 1. The largest absolute Gasteiger partial charge is 0.376 e. The molecule has 4 heterocycles. The second-order valence-corrected chi connectivity index (χ2v) is 10.2. The third-order valence-electron chi connectivity index (χ3n) is 6.42. The Bertz CT molecular complexity index is 977. The van der Waals surface area contributed by atoms with Crippen LogP contribution in [0.3, 0.4) is 0 Å². The summed E-state index contributed by atoms with van der Waals surface area (Å²) in [7, 11) is 0. The molecular weight excluding hydrogens is 440 g/mol. The fourth-order valence-electron chi connectivity index (χ4n) is 4.52. The molecule has 2 fully saturated rings. The van der Waals surface area contributed by atoms with Crippen molar-refractivity contribution in [2.75, 3.05) is 30.3 Å². The van der Waals surface area contributed by atoms with Crippen molar-refractivity contribution in [3.63, 3.8) is 0 Å². The van der Waals surface area contributed by atoms with Gasteiger partial charge in [-0.2, -0.15) is 0 Å². The molecule has 2 aromatic rings. The minimum absolute atomic E-state index is 0.0314. The van der Waals surface area contributed by atoms with Crippen molar-refractivity contribution in [1.82, 2.24) is 20.3 Å². The lowest BCUT2D eigenvalue weighted by Gasteiger charge is -2.35. The molecule has 2 aromatic heterocycles. The Morgan fingerprint density at radius 3 is 2.85 bits per heavy atom. The number of ether oxygens (including phenoxy) is 1. The van der Waals surface area contributed by atoms with Gasteiger partial charge in [-0.25, -0.2) is 9.97 Å². The highest BCUT2D eigenvalue weighted by Crippen LogP contribution is 2.30. The van der Waals surface area contributed by atoms with Crippen molar-refractivity contribution in [1.29, 1.82) is 0 Å². The van der Waals surface area contributed by atoms with E-state index in [0.717, 1.165) is 38.8 Å². The minimum atomic E-state index is -0.0878. The summed E-state index contributed by atoms with van der Waals surface area (Å²) >= 11 is 6.43. The number of rotatable bonds is 6. The molecule has 9 heteroatoms. The molecule has 4 rings (SSSR count). The monoisotopic (exact) mass is 472 g/mol. The second kappa shape index (κ2) is 10.3. The lowest BCUT2D eigenvalue weighted by Crippen LogP contribution is -2.41. The number of aromatic nitrogens is 3. The number of hydrogen-bond acceptors (Lipinski definition) is 7. The van der Waals surface area contributed by atoms with Crippen molar-refractivity contribution in [2.45, 2.75) is 58.1 Å². The van der Waals surface area contributed by atoms with E-state index < -0.39 is 0 Å². The summed E-state index contributed by atoms with van der Waals surface area (Å²) in [6.45, 7) is 8.66. The van der Waals surface area contributed by atoms with Crippen molar-refractivity contribution in [3.05, 3.63) is 29.7 Å². The van der Waals surface area contributed by atoms with E-state index in [1.54, 1.807) is 24.7 Å². The zero-order valence-electron chi connectivity index (χ0n) is 19.5. The maximum Gasteiger partial charge on any atom is 0.229 e. The Balaban J connectivity index is 1.42. The lowest BCUT2D eigenvalue weighted by atomic mass is 9.88. The van der Waals surface area contributed by atoms with Crippen LogP contribution in [0.1, 0.15) is 46.5 Å². The number of carbonyl (C=O) groups excluding carboxylic acids is 1. The number of nitrogens with zero attached hydrogens (tertiary/aromatic N) is 3. The smallest absolute Gasteiger partial charge is 0.229 e. The van der Waals surface area contributed by atoms with E-state index in [0.29, 0.717) is 46.4 Å². The van der Waals surface area contributed by atoms with Gasteiger partial charge in [-0.1, -0.05) is 11.6 Å². The number of anilines is 2. The Hall–Kier alpha value is -2.29. The van der Waals surface area contributed by atoms with Crippen LogP contribution < -0.4 is 16.0 Å². The van der Waals surface area contributed by atoms with Crippen LogP contribution in [-0.2, 0) is 9.53 Å². The average Bonchev–Trinajstić information content (AvgIpc) is 2.79. The number of hydrogen-bond donors (Lipinski definition) is 3. The van der Waals surface area contributed by atoms with Gasteiger partial charge in [0, 0.05) is 37.5 Å². The highest BCUT2D eigenvalue weighted by molar-refractivity contribution is 6.33. The fourth-order valence-corrected chi connectivity index (χ4v) is 4.72. The van der Waals surface area contributed by atoms with Gasteiger partial charge in [-0.15, -0.1) is 0 Å². The summed E-state index contributed by atoms with van der Waals surface area (Å²) in [6, 6.07) is 2.21. The van der Waals surface area contributed by atoms with Crippen LogP contribution in [0, 0.1) is 11.8 Å². The molecule has 33 heavy (non-hydrogen) atoms. The van der Waals surface area contributed by atoms with E-state index >= 15 is 0 Å². The molecule has 178 valence electrons. The second-order valence-electron chi connectivity index (χ2n) is 9.76. The molecule has 0 aromatic carbocycles. The minimum Gasteiger partial charge on any atom is -0.376 e. The molecule has 2 saturated heterocycles. The van der Waals surface area contributed by atoms with E-state index in [9.17, 15) is 4.79 Å². The maximum absolute atomic E-state index is 12.7. The van der Waals surface area contributed by atoms with E-state index in [1.807, 2.05) is 0 Å². The SMILES string of the molecule is CC1CCC(C(=O)Nc2cc(-c3cncc(NCC4CCOC(C)(C)C4)n3)c(Cl)cn2)CN1. The molecule has 3 unspecified atom stereocenters. The summed E-state index contributed by atoms with van der Waals surface area (Å²) in [5.41, 5.74) is 1.22. The molecule has 1 amide bonds. The standard InChI is InChI=1S/C24H33ClN6O2/c1-15-4-5-17(11-27-15)23(32)31-21-8-18(19(25)12-29-21)20-13-26-14-22(30-20)28-10-16-6-7-33-24(2,3)9-16/h8,12-17,27H,4-7,9-11H2,1-3H3,(H,28,30)(H,29,31,32). The van der Waals surface area contributed by atoms with E-state index in [2.05, 4.69) is 46.7 Å². The van der Waals surface area contributed by atoms with Gasteiger partial charge in [0.25, 0.3) is 0 Å². The van der Waals surface area contributed by atoms with Crippen molar-refractivity contribution >= 4 is 29.1 Å². The zero-order valence-corrected chi connectivity index (χ0v) is 20.3. The van der Waals surface area contributed by atoms with Crippen LogP contribution in [0.4, 0.5) is 11.6 Å². The van der Waals surface area contributed by atoms with Crippen LogP contribution in [0.25, 0.3) is 11.3 Å². The number of amides is 1. The highest BCUT2D eigenvalue weighted by atomic mass is 35.5. The van der Waals surface area contributed by atoms with Crippen LogP contribution in [0.15, 0.2) is 24.7 Å². The molecule has 0 spiro atoms. The number of halogens is 1. The summed E-state index contributed by atoms with van der Waals surface area (Å²) in [5, 5.41) is 10.2. The predicted molar refractivity (Wildman–Crippen MR) is 130 cm³/mol. The maximum atomic E-state index is 12.7. The lowest BCUT2D eigenvalue weighted by molar-refractivity contribution is -0.120. The Morgan fingerprint density at radius 1 is 1.24 bits per heavy atom. The van der Waals surface area contributed by atoms with E-state index in [4.69, 9.17) is 21.3 Å². The first-order chi connectivity index (χ1) is 15.8. The van der Waals surface area contributed by atoms with Crippen LogP contribution >= 0.6 is 11.6 Å². The summed E-state index contributed by atoms with van der Waals surface area (Å²) in [4.78, 5) is 26.0. The predicted octanol–water partition coefficient (Wildman–Crippen LogP) is 4.14. The van der Waals surface area contributed by atoms with Gasteiger partial charge in [0.15, 0.2) is 0 Å². The molecule has 0 radical (unpaired) electrons. The normalized spacial score (nSPS) is 24.8. The topological polar surface area (TPSA) is 101 Å². The number of nitrogens with one attached hydrogen (secondary N) is 3. The molecule has 0 bridgehead atoms. The highest BCUT2D eigenvalue weighted by Gasteiger charge is 2.28. The van der Waals surface area contributed by atoms with Gasteiger partial charge in [-0.3, -0.25) is 9.78 Å². The van der Waals surface area contributed by atoms with Gasteiger partial charge in [0.05, 0.1) is 34.6 Å². The molecule has 3 atom stereocenters. The molecule has 0 aliphatic carbocycles. The third kappa shape index (κ3) is 6.40. The van der Waals surface area contributed by atoms with Gasteiger partial charge in [0.1, 0.15) is 11.6 Å². The van der Waals surface area contributed by atoms with Gasteiger partial charge >= 0.3 is 0 Å². The molecule has 3 N–H and O–H groups in total. The fraction of sp³-hybridized carbons (Fsp3) is 0.583. The van der Waals surface area contributed by atoms with E-state index in [-0.39, 0.29) is 17.4 Å². The van der Waals surface area contributed by atoms with Crippen LogP contribution in [0.5, 0.6) is 0 Å². The Morgan fingerprint density at radius 2 is 2.09 bits per heavy atom. The zero-order chi connectivity index (χ0) is 23.4. The summed E-state index contributed by atoms with van der Waals surface area (Å²) < 4.78 is 5.81. The van der Waals surface area contributed by atoms with Gasteiger partial charge < -0.3 is 20.7 Å². The first-order valence-corrected chi connectivity index (χ1v) is 12.1. The van der Waals surface area contributed by atoms with Crippen LogP contribution in [0.2, 0.25) is 5.02 Å². The Labute approximate surface area is 200 Å². The van der Waals surface area contributed by atoms with Gasteiger partial charge in [-0.05, 0) is 58.4 Å². The van der Waals surface area contributed by atoms with Crippen LogP contribution in [-0.4, -0.2) is 52.2 Å². The number of piperidine rings is 1. The summed E-state index contributed by atoms with van der Waals surface area (Å²) in [5.74, 6) is 1.57. The van der Waals surface area contributed by atoms with Crippen molar-refractivity contribution in [2.24, 2.45) is 11.8 Å². The first-order valence-electron chi connectivity index (χ1n) is 11.7. The molecule has 2 aliphatic heterocycles. The van der Waals surface area contributed by atoms with Crippen molar-refractivity contribution < 1.29 is 9.53 Å². The quantitative estimate of drug-likeness (QED) is 0.580. The Kier molecular flexibility index (Phi) is 7.46. The molecule has 8 nitrogen and oxygen atoms in total. The van der Waals surface area contributed by atoms with E-state index in [1.165, 1.54) is 0 Å². The van der Waals surface area contributed by atoms with Gasteiger partial charge in [0.2, 0.25) is 5.91 Å².